The van der Waals surface area contributed by atoms with Crippen LogP contribution in [0.15, 0.2) is 29.1 Å². The molecule has 0 fully saturated rings. The van der Waals surface area contributed by atoms with E-state index < -0.39 is 0 Å². The Morgan fingerprint density at radius 3 is 2.58 bits per heavy atom. The molecule has 3 rings (SSSR count). The summed E-state index contributed by atoms with van der Waals surface area (Å²) >= 11 is 0. The summed E-state index contributed by atoms with van der Waals surface area (Å²) < 4.78 is 1.31. The van der Waals surface area contributed by atoms with Crippen LogP contribution in [0.4, 0.5) is 11.8 Å². The number of fused-ring (bicyclic) bond motifs is 1. The SMILES string of the molecule is Cc1ccc(-n2c(N)nc3n[nH]c(N)c3c2=O)cc1. The number of rotatable bonds is 1. The average Bonchev–Trinajstić information content (AvgIpc) is 2.73. The van der Waals surface area contributed by atoms with Crippen LogP contribution >= 0.6 is 0 Å². The van der Waals surface area contributed by atoms with Crippen molar-refractivity contribution in [1.29, 1.82) is 0 Å². The number of aromatic nitrogens is 4. The summed E-state index contributed by atoms with van der Waals surface area (Å²) in [6, 6.07) is 7.39. The molecule has 96 valence electrons. The van der Waals surface area contributed by atoms with Gasteiger partial charge >= 0.3 is 0 Å². The van der Waals surface area contributed by atoms with E-state index in [1.54, 1.807) is 12.1 Å². The Hall–Kier alpha value is -2.83. The first-order chi connectivity index (χ1) is 9.08. The number of nitrogen functional groups attached to an aromatic ring is 2. The van der Waals surface area contributed by atoms with Gasteiger partial charge in [-0.25, -0.2) is 4.57 Å². The molecule has 0 radical (unpaired) electrons. The summed E-state index contributed by atoms with van der Waals surface area (Å²) in [5.41, 5.74) is 13.1. The monoisotopic (exact) mass is 256 g/mol. The number of nitrogens with one attached hydrogen (secondary N) is 1. The molecule has 0 aliphatic heterocycles. The highest BCUT2D eigenvalue weighted by Crippen LogP contribution is 2.16. The third kappa shape index (κ3) is 1.63. The van der Waals surface area contributed by atoms with Crippen LogP contribution in [0.5, 0.6) is 0 Å². The second-order valence-electron chi connectivity index (χ2n) is 4.28. The molecule has 0 atom stereocenters. The molecule has 0 aliphatic carbocycles. The minimum Gasteiger partial charge on any atom is -0.383 e. The predicted octanol–water partition coefficient (Wildman–Crippen LogP) is 0.582. The van der Waals surface area contributed by atoms with Gasteiger partial charge in [0.1, 0.15) is 11.2 Å². The van der Waals surface area contributed by atoms with E-state index in [4.69, 9.17) is 11.5 Å². The fourth-order valence-electron chi connectivity index (χ4n) is 1.95. The van der Waals surface area contributed by atoms with Crippen LogP contribution in [0.1, 0.15) is 5.56 Å². The van der Waals surface area contributed by atoms with Gasteiger partial charge in [0.2, 0.25) is 5.95 Å². The van der Waals surface area contributed by atoms with E-state index in [2.05, 4.69) is 15.2 Å². The molecule has 3 aromatic rings. The van der Waals surface area contributed by atoms with Crippen molar-refractivity contribution in [3.8, 4) is 5.69 Å². The highest BCUT2D eigenvalue weighted by Gasteiger charge is 2.14. The summed E-state index contributed by atoms with van der Waals surface area (Å²) in [5, 5.41) is 6.61. The van der Waals surface area contributed by atoms with Gasteiger partial charge < -0.3 is 11.5 Å². The lowest BCUT2D eigenvalue weighted by Crippen LogP contribution is -2.23. The largest absolute Gasteiger partial charge is 0.383 e. The van der Waals surface area contributed by atoms with Crippen LogP contribution < -0.4 is 17.0 Å². The topological polar surface area (TPSA) is 116 Å². The first kappa shape index (κ1) is 11.3. The van der Waals surface area contributed by atoms with Crippen LogP contribution in [-0.2, 0) is 0 Å². The van der Waals surface area contributed by atoms with Crippen molar-refractivity contribution < 1.29 is 0 Å². The fraction of sp³-hybridized carbons (Fsp3) is 0.0833. The van der Waals surface area contributed by atoms with Crippen LogP contribution in [0.3, 0.4) is 0 Å². The molecule has 0 saturated heterocycles. The Kier molecular flexibility index (Phi) is 2.28. The van der Waals surface area contributed by atoms with Crippen LogP contribution in [-0.4, -0.2) is 19.7 Å². The maximum atomic E-state index is 12.4. The van der Waals surface area contributed by atoms with Crippen LogP contribution in [0, 0.1) is 6.92 Å². The van der Waals surface area contributed by atoms with Crippen LogP contribution in [0.2, 0.25) is 0 Å². The van der Waals surface area contributed by atoms with Gasteiger partial charge in [-0.3, -0.25) is 9.89 Å². The van der Waals surface area contributed by atoms with Gasteiger partial charge in [-0.15, -0.1) is 0 Å². The zero-order chi connectivity index (χ0) is 13.6. The molecule has 0 bridgehead atoms. The Morgan fingerprint density at radius 1 is 1.21 bits per heavy atom. The summed E-state index contributed by atoms with van der Waals surface area (Å²) in [7, 11) is 0. The van der Waals surface area contributed by atoms with Crippen molar-refractivity contribution in [2.45, 2.75) is 6.92 Å². The first-order valence-corrected chi connectivity index (χ1v) is 5.67. The zero-order valence-electron chi connectivity index (χ0n) is 10.2. The number of H-pyrrole nitrogens is 1. The number of nitrogens with two attached hydrogens (primary N) is 2. The number of anilines is 2. The van der Waals surface area contributed by atoms with Gasteiger partial charge in [0.15, 0.2) is 5.65 Å². The second kappa shape index (κ2) is 3.84. The number of aromatic amines is 1. The molecule has 2 heterocycles. The Labute approximate surface area is 107 Å². The number of hydrogen-bond donors (Lipinski definition) is 3. The average molecular weight is 256 g/mol. The highest BCUT2D eigenvalue weighted by atomic mass is 16.1. The molecular weight excluding hydrogens is 244 g/mol. The number of aryl methyl sites for hydroxylation is 1. The summed E-state index contributed by atoms with van der Waals surface area (Å²) in [4.78, 5) is 16.5. The van der Waals surface area contributed by atoms with Gasteiger partial charge in [-0.1, -0.05) is 17.7 Å². The molecule has 0 aliphatic rings. The zero-order valence-corrected chi connectivity index (χ0v) is 10.2. The van der Waals surface area contributed by atoms with Gasteiger partial charge in [-0.2, -0.15) is 10.1 Å². The van der Waals surface area contributed by atoms with E-state index in [9.17, 15) is 4.79 Å². The third-order valence-electron chi connectivity index (χ3n) is 2.93. The number of benzene rings is 1. The minimum atomic E-state index is -0.336. The lowest BCUT2D eigenvalue weighted by molar-refractivity contribution is 0.976. The van der Waals surface area contributed by atoms with Gasteiger partial charge in [0.05, 0.1) is 5.69 Å². The quantitative estimate of drug-likeness (QED) is 0.589. The molecule has 19 heavy (non-hydrogen) atoms. The van der Waals surface area contributed by atoms with Crippen molar-refractivity contribution in [3.63, 3.8) is 0 Å². The maximum absolute atomic E-state index is 12.4. The second-order valence-corrected chi connectivity index (χ2v) is 4.28. The normalized spacial score (nSPS) is 11.0. The van der Waals surface area contributed by atoms with Gasteiger partial charge in [-0.05, 0) is 19.1 Å². The predicted molar refractivity (Wildman–Crippen MR) is 73.0 cm³/mol. The summed E-state index contributed by atoms with van der Waals surface area (Å²) in [6.07, 6.45) is 0. The molecular formula is C12H12N6O. The maximum Gasteiger partial charge on any atom is 0.272 e. The minimum absolute atomic E-state index is 0.0767. The molecule has 7 nitrogen and oxygen atoms in total. The first-order valence-electron chi connectivity index (χ1n) is 5.67. The van der Waals surface area contributed by atoms with Crippen LogP contribution in [0.25, 0.3) is 16.7 Å². The lowest BCUT2D eigenvalue weighted by atomic mass is 10.2. The molecule has 0 saturated carbocycles. The van der Waals surface area contributed by atoms with E-state index in [1.165, 1.54) is 4.57 Å². The van der Waals surface area contributed by atoms with Gasteiger partial charge in [0, 0.05) is 0 Å². The summed E-state index contributed by atoms with van der Waals surface area (Å²) in [5.74, 6) is 0.265. The molecule has 5 N–H and O–H groups in total. The third-order valence-corrected chi connectivity index (χ3v) is 2.93. The van der Waals surface area contributed by atoms with Crippen molar-refractivity contribution >= 4 is 22.8 Å². The number of nitrogens with zero attached hydrogens (tertiary/aromatic N) is 3. The van der Waals surface area contributed by atoms with E-state index in [0.717, 1.165) is 5.56 Å². The molecule has 7 heteroatoms. The Balaban J connectivity index is 2.37. The Bertz CT molecular complexity index is 815. The highest BCUT2D eigenvalue weighted by molar-refractivity contribution is 5.85. The van der Waals surface area contributed by atoms with Gasteiger partial charge in [0.25, 0.3) is 5.56 Å². The van der Waals surface area contributed by atoms with E-state index in [1.807, 2.05) is 19.1 Å². The molecule has 0 unspecified atom stereocenters. The van der Waals surface area contributed by atoms with Crippen molar-refractivity contribution in [1.82, 2.24) is 19.7 Å². The summed E-state index contributed by atoms with van der Waals surface area (Å²) in [6.45, 7) is 1.96. The van der Waals surface area contributed by atoms with E-state index >= 15 is 0 Å². The Morgan fingerprint density at radius 2 is 1.89 bits per heavy atom. The standard InChI is InChI=1S/C12H12N6O/c1-6-2-4-7(5-3-6)18-11(19)8-9(13)16-17-10(8)15-12(18)14/h2-5H,1H3,(H5,13,14,15,16,17). The van der Waals surface area contributed by atoms with Crippen molar-refractivity contribution in [3.05, 3.63) is 40.2 Å². The van der Waals surface area contributed by atoms with E-state index in [-0.39, 0.29) is 28.4 Å². The smallest absolute Gasteiger partial charge is 0.272 e. The molecule has 0 amide bonds. The molecule has 2 aromatic heterocycles. The molecule has 0 spiro atoms. The van der Waals surface area contributed by atoms with Crippen molar-refractivity contribution in [2.75, 3.05) is 11.5 Å². The number of hydrogen-bond acceptors (Lipinski definition) is 5. The van der Waals surface area contributed by atoms with E-state index in [0.29, 0.717) is 5.69 Å². The van der Waals surface area contributed by atoms with Crippen molar-refractivity contribution in [2.24, 2.45) is 0 Å². The fourth-order valence-corrected chi connectivity index (χ4v) is 1.95. The molecule has 1 aromatic carbocycles. The lowest BCUT2D eigenvalue weighted by Gasteiger charge is -2.08.